The molecule has 2 heterocycles. The van der Waals surface area contributed by atoms with Crippen LogP contribution in [0.5, 0.6) is 0 Å². The highest BCUT2D eigenvalue weighted by Crippen LogP contribution is 2.13. The summed E-state index contributed by atoms with van der Waals surface area (Å²) < 4.78 is 0. The predicted octanol–water partition coefficient (Wildman–Crippen LogP) is 4.02. The first-order valence-corrected chi connectivity index (χ1v) is 8.37. The van der Waals surface area contributed by atoms with Crippen molar-refractivity contribution in [2.75, 3.05) is 0 Å². The summed E-state index contributed by atoms with van der Waals surface area (Å²) in [5, 5.41) is 8.69. The molecule has 4 aromatic rings. The average molecular weight is 339 g/mol. The van der Waals surface area contributed by atoms with Crippen molar-refractivity contribution in [1.82, 2.24) is 15.0 Å². The minimum atomic E-state index is 0.644. The minimum absolute atomic E-state index is 0.644. The van der Waals surface area contributed by atoms with Crippen molar-refractivity contribution in [1.29, 1.82) is 0 Å². The number of fused-ring (bicyclic) bond motifs is 1. The van der Waals surface area contributed by atoms with Gasteiger partial charge in [0.1, 0.15) is 5.71 Å². The van der Waals surface area contributed by atoms with Crippen LogP contribution in [0, 0.1) is 0 Å². The van der Waals surface area contributed by atoms with Crippen LogP contribution in [0.3, 0.4) is 0 Å². The molecule has 26 heavy (non-hydrogen) atoms. The van der Waals surface area contributed by atoms with Gasteiger partial charge in [0.25, 0.3) is 0 Å². The Morgan fingerprint density at radius 3 is 2.62 bits per heavy atom. The zero-order valence-corrected chi connectivity index (χ0v) is 14.1. The molecule has 0 amide bonds. The fourth-order valence-corrected chi connectivity index (χ4v) is 2.66. The number of benzene rings is 2. The molecular weight excluding hydrogens is 322 g/mol. The Morgan fingerprint density at radius 2 is 1.81 bits per heavy atom. The molecule has 1 N–H and O–H groups in total. The molecule has 2 aromatic carbocycles. The number of hydrogen-bond acceptors (Lipinski definition) is 4. The molecule has 0 aliphatic heterocycles. The van der Waals surface area contributed by atoms with E-state index in [9.17, 15) is 0 Å². The van der Waals surface area contributed by atoms with Gasteiger partial charge in [-0.1, -0.05) is 48.5 Å². The Hall–Kier alpha value is -3.60. The van der Waals surface area contributed by atoms with Crippen LogP contribution in [0.1, 0.15) is 17.0 Å². The highest BCUT2D eigenvalue weighted by Gasteiger charge is 2.10. The van der Waals surface area contributed by atoms with Crippen LogP contribution in [0.15, 0.2) is 89.3 Å². The van der Waals surface area contributed by atoms with Crippen LogP contribution in [0.2, 0.25) is 0 Å². The molecule has 0 spiro atoms. The van der Waals surface area contributed by atoms with Gasteiger partial charge in [0.05, 0.1) is 17.2 Å². The van der Waals surface area contributed by atoms with Crippen LogP contribution >= 0.6 is 0 Å². The van der Waals surface area contributed by atoms with E-state index >= 15 is 0 Å². The summed E-state index contributed by atoms with van der Waals surface area (Å²) in [5.74, 6) is 0.735. The monoisotopic (exact) mass is 339 g/mol. The van der Waals surface area contributed by atoms with Crippen LogP contribution in [0.4, 0.5) is 0 Å². The summed E-state index contributed by atoms with van der Waals surface area (Å²) in [5.41, 5.74) is 4.75. The normalized spacial score (nSPS) is 12.1. The second kappa shape index (κ2) is 7.53. The SMILES string of the molecule is C(=N\N=C(/Cc1ccccc1)c1nc2ccccc2[nH]1)/c1cccnc1. The molecule has 0 radical (unpaired) electrons. The fourth-order valence-electron chi connectivity index (χ4n) is 2.66. The van der Waals surface area contributed by atoms with Gasteiger partial charge in [-0.25, -0.2) is 4.98 Å². The third-order valence-corrected chi connectivity index (χ3v) is 3.95. The summed E-state index contributed by atoms with van der Waals surface area (Å²) in [4.78, 5) is 12.1. The fraction of sp³-hybridized carbons (Fsp3) is 0.0476. The average Bonchev–Trinajstić information content (AvgIpc) is 3.13. The Bertz CT molecular complexity index is 1020. The Balaban J connectivity index is 1.68. The summed E-state index contributed by atoms with van der Waals surface area (Å²) >= 11 is 0. The number of rotatable bonds is 5. The van der Waals surface area contributed by atoms with Gasteiger partial charge in [-0.3, -0.25) is 4.98 Å². The molecular formula is C21H17N5. The zero-order chi connectivity index (χ0) is 17.6. The number of imidazole rings is 1. The molecule has 2 aromatic heterocycles. The smallest absolute Gasteiger partial charge is 0.155 e. The van der Waals surface area contributed by atoms with Gasteiger partial charge in [-0.2, -0.15) is 10.2 Å². The van der Waals surface area contributed by atoms with Crippen molar-refractivity contribution in [2.45, 2.75) is 6.42 Å². The highest BCUT2D eigenvalue weighted by atomic mass is 15.2. The van der Waals surface area contributed by atoms with Gasteiger partial charge >= 0.3 is 0 Å². The molecule has 126 valence electrons. The summed E-state index contributed by atoms with van der Waals surface area (Å²) in [6, 6.07) is 21.9. The van der Waals surface area contributed by atoms with Crippen molar-refractivity contribution < 1.29 is 0 Å². The Morgan fingerprint density at radius 1 is 0.962 bits per heavy atom. The topological polar surface area (TPSA) is 66.3 Å². The van der Waals surface area contributed by atoms with Crippen molar-refractivity contribution in [3.63, 3.8) is 0 Å². The van der Waals surface area contributed by atoms with E-state index < -0.39 is 0 Å². The lowest BCUT2D eigenvalue weighted by Crippen LogP contribution is -2.07. The number of aromatic amines is 1. The zero-order valence-electron chi connectivity index (χ0n) is 14.1. The summed E-state index contributed by atoms with van der Waals surface area (Å²) in [6.07, 6.45) is 5.82. The van der Waals surface area contributed by atoms with Crippen molar-refractivity contribution >= 4 is 23.0 Å². The number of H-pyrrole nitrogens is 1. The highest BCUT2D eigenvalue weighted by molar-refractivity contribution is 6.01. The first-order valence-electron chi connectivity index (χ1n) is 8.37. The number of aromatic nitrogens is 3. The quantitative estimate of drug-likeness (QED) is 0.441. The molecule has 4 rings (SSSR count). The van der Waals surface area contributed by atoms with Gasteiger partial charge in [-0.15, -0.1) is 0 Å². The van der Waals surface area contributed by atoms with E-state index in [4.69, 9.17) is 0 Å². The van der Waals surface area contributed by atoms with Crippen LogP contribution < -0.4 is 0 Å². The first-order chi connectivity index (χ1) is 12.9. The second-order valence-electron chi connectivity index (χ2n) is 5.84. The lowest BCUT2D eigenvalue weighted by molar-refractivity contribution is 1.15. The van der Waals surface area contributed by atoms with Gasteiger partial charge in [0.15, 0.2) is 5.82 Å². The van der Waals surface area contributed by atoms with Gasteiger partial charge in [0.2, 0.25) is 0 Å². The molecule has 0 bridgehead atoms. The van der Waals surface area contributed by atoms with E-state index in [0.29, 0.717) is 6.42 Å². The van der Waals surface area contributed by atoms with Crippen LogP contribution in [0.25, 0.3) is 11.0 Å². The number of nitrogens with zero attached hydrogens (tertiary/aromatic N) is 4. The van der Waals surface area contributed by atoms with E-state index in [0.717, 1.165) is 33.7 Å². The Labute approximate surface area is 151 Å². The van der Waals surface area contributed by atoms with E-state index in [1.54, 1.807) is 18.6 Å². The van der Waals surface area contributed by atoms with Gasteiger partial charge < -0.3 is 4.98 Å². The molecule has 0 unspecified atom stereocenters. The van der Waals surface area contributed by atoms with Crippen molar-refractivity contribution in [3.8, 4) is 0 Å². The largest absolute Gasteiger partial charge is 0.337 e. The van der Waals surface area contributed by atoms with Crippen molar-refractivity contribution in [3.05, 3.63) is 96.1 Å². The van der Waals surface area contributed by atoms with Gasteiger partial charge in [0, 0.05) is 24.4 Å². The van der Waals surface area contributed by atoms with E-state index in [1.165, 1.54) is 0 Å². The maximum atomic E-state index is 4.66. The molecule has 5 heteroatoms. The molecule has 0 fully saturated rings. The van der Waals surface area contributed by atoms with Gasteiger partial charge in [-0.05, 0) is 23.8 Å². The Kier molecular flexibility index (Phi) is 4.60. The van der Waals surface area contributed by atoms with E-state index in [2.05, 4.69) is 37.3 Å². The van der Waals surface area contributed by atoms with Crippen LogP contribution in [-0.2, 0) is 6.42 Å². The second-order valence-corrected chi connectivity index (χ2v) is 5.84. The molecule has 5 nitrogen and oxygen atoms in total. The van der Waals surface area contributed by atoms with E-state index in [1.807, 2.05) is 54.6 Å². The maximum absolute atomic E-state index is 4.66. The third-order valence-electron chi connectivity index (χ3n) is 3.95. The third kappa shape index (κ3) is 3.72. The maximum Gasteiger partial charge on any atom is 0.155 e. The van der Waals surface area contributed by atoms with E-state index in [-0.39, 0.29) is 0 Å². The summed E-state index contributed by atoms with van der Waals surface area (Å²) in [7, 11) is 0. The predicted molar refractivity (Wildman–Crippen MR) is 105 cm³/mol. The number of nitrogens with one attached hydrogen (secondary N) is 1. The summed E-state index contributed by atoms with van der Waals surface area (Å²) in [6.45, 7) is 0. The number of hydrogen-bond donors (Lipinski definition) is 1. The molecule has 0 atom stereocenters. The lowest BCUT2D eigenvalue weighted by atomic mass is 10.1. The molecule has 0 aliphatic carbocycles. The van der Waals surface area contributed by atoms with Crippen LogP contribution in [-0.4, -0.2) is 26.9 Å². The lowest BCUT2D eigenvalue weighted by Gasteiger charge is -2.02. The number of pyridine rings is 1. The molecule has 0 saturated heterocycles. The first kappa shape index (κ1) is 15.9. The standard InChI is InChI=1S/C21H17N5/c1-2-7-16(8-3-1)13-20(26-23-15-17-9-6-12-22-14-17)21-24-18-10-4-5-11-19(18)25-21/h1-12,14-15H,13H2,(H,24,25)/b23-15+,26-20+. The van der Waals surface area contributed by atoms with Crippen molar-refractivity contribution in [2.24, 2.45) is 10.2 Å². The molecule has 0 aliphatic rings. The molecule has 0 saturated carbocycles. The minimum Gasteiger partial charge on any atom is -0.337 e. The number of para-hydroxylation sites is 2.